The van der Waals surface area contributed by atoms with Crippen molar-refractivity contribution >= 4 is 11.9 Å². The predicted octanol–water partition coefficient (Wildman–Crippen LogP) is -0.131. The van der Waals surface area contributed by atoms with Gasteiger partial charge >= 0.3 is 24.0 Å². The number of carboxylic acids is 2. The zero-order valence-corrected chi connectivity index (χ0v) is 6.88. The van der Waals surface area contributed by atoms with Gasteiger partial charge in [-0.15, -0.1) is 0 Å². The van der Waals surface area contributed by atoms with Gasteiger partial charge in [0.15, 0.2) is 0 Å². The van der Waals surface area contributed by atoms with E-state index in [9.17, 15) is 9.59 Å². The van der Waals surface area contributed by atoms with Crippen LogP contribution in [-0.4, -0.2) is 34.2 Å². The molecular formula is C8H10NO4+. The molecule has 0 aromatic rings. The Labute approximate surface area is 75.4 Å². The Kier molecular flexibility index (Phi) is 4.47. The van der Waals surface area contributed by atoms with Crippen LogP contribution in [0.15, 0.2) is 25.3 Å². The lowest BCUT2D eigenvalue weighted by molar-refractivity contribution is -0.140. The van der Waals surface area contributed by atoms with E-state index in [4.69, 9.17) is 10.2 Å². The number of carbonyl (C=O) groups is 2. The molecule has 5 nitrogen and oxygen atoms in total. The lowest BCUT2D eigenvalue weighted by Crippen LogP contribution is -2.39. The van der Waals surface area contributed by atoms with Crippen LogP contribution >= 0.6 is 0 Å². The molecule has 2 unspecified atom stereocenters. The van der Waals surface area contributed by atoms with Crippen LogP contribution in [0.5, 0.6) is 0 Å². The van der Waals surface area contributed by atoms with Gasteiger partial charge in [-0.05, 0) is 12.2 Å². The Morgan fingerprint density at radius 2 is 1.38 bits per heavy atom. The Morgan fingerprint density at radius 3 is 1.54 bits per heavy atom. The van der Waals surface area contributed by atoms with Gasteiger partial charge in [-0.1, -0.05) is 13.2 Å². The minimum absolute atomic E-state index is 1.06. The molecule has 2 N–H and O–H groups in total. The van der Waals surface area contributed by atoms with E-state index in [1.807, 2.05) is 0 Å². The van der Waals surface area contributed by atoms with Crippen LogP contribution < -0.4 is 5.32 Å². The Balaban J connectivity index is 4.36. The molecule has 0 amide bonds. The lowest BCUT2D eigenvalue weighted by atomic mass is 10.2. The first-order valence-corrected chi connectivity index (χ1v) is 3.43. The smallest absolute Gasteiger partial charge is 0.378 e. The highest BCUT2D eigenvalue weighted by atomic mass is 16.4. The summed E-state index contributed by atoms with van der Waals surface area (Å²) >= 11 is 0. The van der Waals surface area contributed by atoms with Crippen molar-refractivity contribution in [2.45, 2.75) is 12.1 Å². The van der Waals surface area contributed by atoms with Gasteiger partial charge in [-0.3, -0.25) is 0 Å². The molecule has 13 heavy (non-hydrogen) atoms. The molecule has 0 aromatic heterocycles. The van der Waals surface area contributed by atoms with Crippen LogP contribution in [0, 0.1) is 0 Å². The van der Waals surface area contributed by atoms with Crippen LogP contribution in [0.2, 0.25) is 0 Å². The van der Waals surface area contributed by atoms with E-state index in [2.05, 4.69) is 18.5 Å². The van der Waals surface area contributed by atoms with E-state index >= 15 is 0 Å². The summed E-state index contributed by atoms with van der Waals surface area (Å²) in [5.74, 6) is -2.47. The molecule has 5 heteroatoms. The summed E-state index contributed by atoms with van der Waals surface area (Å²) in [7, 11) is 0. The quantitative estimate of drug-likeness (QED) is 0.563. The van der Waals surface area contributed by atoms with E-state index < -0.39 is 24.0 Å². The molecule has 0 heterocycles. The molecule has 2 radical (unpaired) electrons. The van der Waals surface area contributed by atoms with E-state index in [1.54, 1.807) is 0 Å². The minimum atomic E-state index is -1.23. The van der Waals surface area contributed by atoms with Gasteiger partial charge in [0.2, 0.25) is 0 Å². The van der Waals surface area contributed by atoms with Crippen LogP contribution in [0.1, 0.15) is 0 Å². The highest BCUT2D eigenvalue weighted by Gasteiger charge is 2.36. The van der Waals surface area contributed by atoms with Gasteiger partial charge in [0.05, 0.1) is 5.32 Å². The molecule has 0 saturated heterocycles. The third-order valence-electron chi connectivity index (χ3n) is 1.27. The average Bonchev–Trinajstić information content (AvgIpc) is 2.05. The van der Waals surface area contributed by atoms with Crippen LogP contribution in [-0.2, 0) is 9.59 Å². The second-order valence-corrected chi connectivity index (χ2v) is 2.19. The maximum atomic E-state index is 10.4. The Bertz CT molecular complexity index is 212. The van der Waals surface area contributed by atoms with Crippen molar-refractivity contribution in [2.75, 3.05) is 0 Å². The molecule has 0 aliphatic carbocycles. The standard InChI is InChI=1S/C8H10NO4/c1-3-5(7(10)11)9-6(4-2)8(12)13/h3-6H,1-2H2,(H,10,11)(H,12,13)/q+1. The third-order valence-corrected chi connectivity index (χ3v) is 1.27. The zero-order valence-electron chi connectivity index (χ0n) is 6.88. The third kappa shape index (κ3) is 3.53. The molecule has 0 aromatic carbocycles. The summed E-state index contributed by atoms with van der Waals surface area (Å²) in [4.78, 5) is 20.8. The highest BCUT2D eigenvalue weighted by Crippen LogP contribution is 1.95. The average molecular weight is 184 g/mol. The first kappa shape index (κ1) is 11.4. The summed E-state index contributed by atoms with van der Waals surface area (Å²) in [6, 6.07) is -2.42. The number of aliphatic carboxylic acids is 2. The predicted molar refractivity (Wildman–Crippen MR) is 45.4 cm³/mol. The topological polar surface area (TPSA) is 88.7 Å². The molecule has 0 spiro atoms. The largest absolute Gasteiger partial charge is 0.476 e. The molecule has 0 rings (SSSR count). The molecule has 0 bridgehead atoms. The second kappa shape index (κ2) is 5.10. The molecule has 0 saturated carbocycles. The van der Waals surface area contributed by atoms with E-state index in [0.717, 1.165) is 12.2 Å². The van der Waals surface area contributed by atoms with Gasteiger partial charge in [-0.2, -0.15) is 0 Å². The fourth-order valence-corrected chi connectivity index (χ4v) is 0.624. The molecule has 0 aliphatic rings. The molecular weight excluding hydrogens is 174 g/mol. The summed E-state index contributed by atoms with van der Waals surface area (Å²) < 4.78 is 0. The van der Waals surface area contributed by atoms with Crippen molar-refractivity contribution in [3.05, 3.63) is 25.3 Å². The van der Waals surface area contributed by atoms with Crippen molar-refractivity contribution in [1.29, 1.82) is 0 Å². The van der Waals surface area contributed by atoms with E-state index in [0.29, 0.717) is 0 Å². The van der Waals surface area contributed by atoms with Gasteiger partial charge < -0.3 is 10.2 Å². The van der Waals surface area contributed by atoms with Crippen molar-refractivity contribution in [3.63, 3.8) is 0 Å². The first-order valence-electron chi connectivity index (χ1n) is 3.43. The number of carboxylic acid groups (broad SMARTS) is 2. The summed E-state index contributed by atoms with van der Waals surface area (Å²) in [5.41, 5.74) is 0. The summed E-state index contributed by atoms with van der Waals surface area (Å²) in [6.07, 6.45) is 2.11. The van der Waals surface area contributed by atoms with Crippen molar-refractivity contribution in [1.82, 2.24) is 5.32 Å². The van der Waals surface area contributed by atoms with E-state index in [1.165, 1.54) is 0 Å². The normalized spacial score (nSPS) is 14.2. The van der Waals surface area contributed by atoms with Crippen molar-refractivity contribution < 1.29 is 19.8 Å². The van der Waals surface area contributed by atoms with Crippen LogP contribution in [0.4, 0.5) is 0 Å². The molecule has 0 fully saturated rings. The van der Waals surface area contributed by atoms with Crippen LogP contribution in [0.25, 0.3) is 0 Å². The van der Waals surface area contributed by atoms with Gasteiger partial charge in [0, 0.05) is 0 Å². The SMILES string of the molecule is C=CC([N+]C(C=C)C(=O)O)C(=O)O. The monoisotopic (exact) mass is 184 g/mol. The fraction of sp³-hybridized carbons (Fsp3) is 0.250. The number of hydrogen-bond donors (Lipinski definition) is 2. The first-order chi connectivity index (χ1) is 6.02. The molecule has 70 valence electrons. The van der Waals surface area contributed by atoms with Gasteiger partial charge in [0.1, 0.15) is 0 Å². The van der Waals surface area contributed by atoms with Crippen molar-refractivity contribution in [2.24, 2.45) is 0 Å². The Morgan fingerprint density at radius 1 is 1.08 bits per heavy atom. The highest BCUT2D eigenvalue weighted by molar-refractivity contribution is 5.79. The maximum absolute atomic E-state index is 10.4. The number of rotatable bonds is 6. The lowest BCUT2D eigenvalue weighted by Gasteiger charge is -1.97. The van der Waals surface area contributed by atoms with E-state index in [-0.39, 0.29) is 0 Å². The van der Waals surface area contributed by atoms with Crippen molar-refractivity contribution in [3.8, 4) is 0 Å². The molecule has 0 aliphatic heterocycles. The fourth-order valence-electron chi connectivity index (χ4n) is 0.624. The minimum Gasteiger partial charge on any atom is -0.476 e. The zero-order chi connectivity index (χ0) is 10.4. The second-order valence-electron chi connectivity index (χ2n) is 2.19. The number of hydrogen-bond acceptors (Lipinski definition) is 2. The van der Waals surface area contributed by atoms with Gasteiger partial charge in [-0.25, -0.2) is 9.59 Å². The summed E-state index contributed by atoms with van der Waals surface area (Å²) in [5, 5.41) is 20.5. The molecule has 2 atom stereocenters. The Hall–Kier alpha value is -1.62. The van der Waals surface area contributed by atoms with Gasteiger partial charge in [0.25, 0.3) is 0 Å². The number of nitrogens with zero attached hydrogens (tertiary/aromatic N) is 1. The summed E-state index contributed by atoms with van der Waals surface area (Å²) in [6.45, 7) is 6.45. The van der Waals surface area contributed by atoms with Crippen LogP contribution in [0.3, 0.4) is 0 Å². The maximum Gasteiger partial charge on any atom is 0.378 e.